The van der Waals surface area contributed by atoms with E-state index in [2.05, 4.69) is 5.32 Å². The van der Waals surface area contributed by atoms with Crippen LogP contribution in [0.3, 0.4) is 0 Å². The predicted molar refractivity (Wildman–Crippen MR) is 101 cm³/mol. The van der Waals surface area contributed by atoms with Crippen molar-refractivity contribution in [1.82, 2.24) is 15.1 Å². The first-order valence-electron chi connectivity index (χ1n) is 10.1. The molecule has 4 atom stereocenters. The molecule has 2 heterocycles. The second kappa shape index (κ2) is 9.75. The molecule has 0 radical (unpaired) electrons. The van der Waals surface area contributed by atoms with Crippen LogP contribution in [0.25, 0.3) is 0 Å². The summed E-state index contributed by atoms with van der Waals surface area (Å²) in [5.41, 5.74) is 0. The molecule has 1 unspecified atom stereocenters. The highest BCUT2D eigenvalue weighted by Gasteiger charge is 2.44. The summed E-state index contributed by atoms with van der Waals surface area (Å²) in [7, 11) is 0. The maximum absolute atomic E-state index is 13.2. The van der Waals surface area contributed by atoms with E-state index in [4.69, 9.17) is 4.74 Å². The van der Waals surface area contributed by atoms with Crippen LogP contribution in [-0.4, -0.2) is 76.6 Å². The van der Waals surface area contributed by atoms with E-state index in [9.17, 15) is 24.3 Å². The number of carboxylic acids is 1. The monoisotopic (exact) mass is 397 g/mol. The Kier molecular flexibility index (Phi) is 7.65. The van der Waals surface area contributed by atoms with E-state index in [0.717, 1.165) is 0 Å². The number of nitrogens with one attached hydrogen (secondary N) is 1. The van der Waals surface area contributed by atoms with Crippen LogP contribution in [0.4, 0.5) is 4.79 Å². The van der Waals surface area contributed by atoms with Crippen molar-refractivity contribution in [2.75, 3.05) is 19.7 Å². The summed E-state index contributed by atoms with van der Waals surface area (Å²) in [5, 5.41) is 12.0. The van der Waals surface area contributed by atoms with Crippen LogP contribution in [0.5, 0.6) is 0 Å². The summed E-state index contributed by atoms with van der Waals surface area (Å²) in [6, 6.07) is -2.29. The highest BCUT2D eigenvalue weighted by atomic mass is 16.5. The highest BCUT2D eigenvalue weighted by molar-refractivity contribution is 5.93. The third-order valence-corrected chi connectivity index (χ3v) is 5.67. The molecule has 0 aromatic carbocycles. The molecule has 0 bridgehead atoms. The molecule has 2 aliphatic heterocycles. The first kappa shape index (κ1) is 22.0. The summed E-state index contributed by atoms with van der Waals surface area (Å²) < 4.78 is 4.91. The van der Waals surface area contributed by atoms with Gasteiger partial charge in [0.25, 0.3) is 0 Å². The number of aliphatic carboxylic acids is 1. The van der Waals surface area contributed by atoms with Crippen molar-refractivity contribution in [2.24, 2.45) is 5.92 Å². The zero-order valence-corrected chi connectivity index (χ0v) is 16.8. The molecule has 9 nitrogen and oxygen atoms in total. The molecule has 2 aliphatic rings. The number of alkyl carbamates (subject to hydrolysis) is 1. The van der Waals surface area contributed by atoms with Gasteiger partial charge >= 0.3 is 12.1 Å². The molecule has 2 fully saturated rings. The average Bonchev–Trinajstić information content (AvgIpc) is 3.34. The van der Waals surface area contributed by atoms with Crippen molar-refractivity contribution in [1.29, 1.82) is 0 Å². The van der Waals surface area contributed by atoms with Gasteiger partial charge in [0.15, 0.2) is 0 Å². The maximum atomic E-state index is 13.2. The number of nitrogens with zero attached hydrogens (tertiary/aromatic N) is 2. The average molecular weight is 397 g/mol. The van der Waals surface area contributed by atoms with Gasteiger partial charge in [-0.1, -0.05) is 20.3 Å². The van der Waals surface area contributed by atoms with E-state index in [1.54, 1.807) is 6.92 Å². The molecule has 0 aliphatic carbocycles. The van der Waals surface area contributed by atoms with Crippen molar-refractivity contribution in [3.05, 3.63) is 0 Å². The topological polar surface area (TPSA) is 116 Å². The van der Waals surface area contributed by atoms with Gasteiger partial charge in [0.2, 0.25) is 11.8 Å². The first-order chi connectivity index (χ1) is 13.3. The Balaban J connectivity index is 2.16. The van der Waals surface area contributed by atoms with Gasteiger partial charge in [-0.15, -0.1) is 0 Å². The molecule has 2 saturated heterocycles. The van der Waals surface area contributed by atoms with Gasteiger partial charge in [0.1, 0.15) is 18.1 Å². The molecule has 0 aromatic rings. The lowest BCUT2D eigenvalue weighted by molar-refractivity contribution is -0.152. The SMILES string of the molecule is CCOC(=O)N[C@H](C(=O)N1CCC[C@H]1C(=O)N1CCC[C@H]1C(=O)O)C(C)CC. The lowest BCUT2D eigenvalue weighted by atomic mass is 9.97. The quantitative estimate of drug-likeness (QED) is 0.667. The second-order valence-corrected chi connectivity index (χ2v) is 7.45. The minimum absolute atomic E-state index is 0.133. The molecular formula is C19H31N3O6. The van der Waals surface area contributed by atoms with Crippen molar-refractivity contribution in [3.63, 3.8) is 0 Å². The minimum Gasteiger partial charge on any atom is -0.480 e. The molecule has 3 amide bonds. The van der Waals surface area contributed by atoms with Crippen LogP contribution >= 0.6 is 0 Å². The van der Waals surface area contributed by atoms with Gasteiger partial charge in [-0.2, -0.15) is 0 Å². The van der Waals surface area contributed by atoms with Crippen LogP contribution in [-0.2, 0) is 19.1 Å². The third kappa shape index (κ3) is 4.74. The smallest absolute Gasteiger partial charge is 0.407 e. The fourth-order valence-corrected chi connectivity index (χ4v) is 3.93. The Bertz CT molecular complexity index is 610. The summed E-state index contributed by atoms with van der Waals surface area (Å²) in [6.07, 6.45) is 2.25. The van der Waals surface area contributed by atoms with Gasteiger partial charge < -0.3 is 25.0 Å². The Morgan fingerprint density at radius 1 is 1.07 bits per heavy atom. The van der Waals surface area contributed by atoms with Gasteiger partial charge in [-0.3, -0.25) is 9.59 Å². The highest BCUT2D eigenvalue weighted by Crippen LogP contribution is 2.26. The lowest BCUT2D eigenvalue weighted by Gasteiger charge is -2.33. The van der Waals surface area contributed by atoms with Crippen molar-refractivity contribution in [3.8, 4) is 0 Å². The van der Waals surface area contributed by atoms with Crippen molar-refractivity contribution >= 4 is 23.9 Å². The molecule has 2 rings (SSSR count). The van der Waals surface area contributed by atoms with E-state index < -0.39 is 30.2 Å². The number of rotatable bonds is 7. The van der Waals surface area contributed by atoms with Crippen molar-refractivity contribution in [2.45, 2.75) is 71.0 Å². The van der Waals surface area contributed by atoms with Gasteiger partial charge in [0.05, 0.1) is 6.61 Å². The molecule has 0 spiro atoms. The molecular weight excluding hydrogens is 366 g/mol. The molecule has 2 N–H and O–H groups in total. The predicted octanol–water partition coefficient (Wildman–Crippen LogP) is 1.21. The van der Waals surface area contributed by atoms with Crippen LogP contribution < -0.4 is 5.32 Å². The number of carbonyl (C=O) groups excluding carboxylic acids is 3. The fraction of sp³-hybridized carbons (Fsp3) is 0.789. The Labute approximate surface area is 165 Å². The maximum Gasteiger partial charge on any atom is 0.407 e. The van der Waals surface area contributed by atoms with Gasteiger partial charge in [-0.05, 0) is 38.5 Å². The third-order valence-electron chi connectivity index (χ3n) is 5.67. The van der Waals surface area contributed by atoms with Crippen LogP contribution in [0.1, 0.15) is 52.9 Å². The molecule has 9 heteroatoms. The van der Waals surface area contributed by atoms with Gasteiger partial charge in [0, 0.05) is 13.1 Å². The number of carboxylic acid groups (broad SMARTS) is 1. The standard InChI is InChI=1S/C19H31N3O6/c1-4-12(3)15(20-19(27)28-5-2)17(24)21-10-6-8-13(21)16(23)22-11-7-9-14(22)18(25)26/h12-15H,4-11H2,1-3H3,(H,20,27)(H,25,26)/t12?,13-,14-,15-/m0/s1. The van der Waals surface area contributed by atoms with E-state index in [-0.39, 0.29) is 24.3 Å². The zero-order chi connectivity index (χ0) is 20.8. The molecule has 158 valence electrons. The summed E-state index contributed by atoms with van der Waals surface area (Å²) in [5.74, 6) is -1.77. The first-order valence-corrected chi connectivity index (χ1v) is 10.1. The van der Waals surface area contributed by atoms with E-state index in [1.807, 2.05) is 13.8 Å². The largest absolute Gasteiger partial charge is 0.480 e. The van der Waals surface area contributed by atoms with Crippen LogP contribution in [0.15, 0.2) is 0 Å². The summed E-state index contributed by atoms with van der Waals surface area (Å²) in [6.45, 7) is 6.48. The normalized spacial score (nSPS) is 24.0. The van der Waals surface area contributed by atoms with Gasteiger partial charge in [-0.25, -0.2) is 9.59 Å². The van der Waals surface area contributed by atoms with E-state index in [0.29, 0.717) is 45.2 Å². The Morgan fingerprint density at radius 3 is 2.25 bits per heavy atom. The number of ether oxygens (including phenoxy) is 1. The minimum atomic E-state index is -1.01. The van der Waals surface area contributed by atoms with E-state index in [1.165, 1.54) is 9.80 Å². The zero-order valence-electron chi connectivity index (χ0n) is 16.8. The Hall–Kier alpha value is -2.32. The van der Waals surface area contributed by atoms with Crippen LogP contribution in [0, 0.1) is 5.92 Å². The van der Waals surface area contributed by atoms with Crippen LogP contribution in [0.2, 0.25) is 0 Å². The number of likely N-dealkylation sites (tertiary alicyclic amines) is 2. The Morgan fingerprint density at radius 2 is 1.68 bits per heavy atom. The lowest BCUT2D eigenvalue weighted by Crippen LogP contribution is -2.56. The van der Waals surface area contributed by atoms with E-state index >= 15 is 0 Å². The molecule has 0 saturated carbocycles. The number of hydrogen-bond donors (Lipinski definition) is 2. The fourth-order valence-electron chi connectivity index (χ4n) is 3.93. The second-order valence-electron chi connectivity index (χ2n) is 7.45. The number of amides is 3. The summed E-state index contributed by atoms with van der Waals surface area (Å²) in [4.78, 5) is 52.4. The molecule has 0 aromatic heterocycles. The van der Waals surface area contributed by atoms with Crippen molar-refractivity contribution < 1.29 is 29.0 Å². The molecule has 28 heavy (non-hydrogen) atoms. The number of carbonyl (C=O) groups is 4. The number of hydrogen-bond acceptors (Lipinski definition) is 5. The summed E-state index contributed by atoms with van der Waals surface area (Å²) >= 11 is 0.